The molecule has 2 atom stereocenters. The lowest BCUT2D eigenvalue weighted by Crippen LogP contribution is -2.34. The van der Waals surface area contributed by atoms with E-state index in [0.29, 0.717) is 22.5 Å². The van der Waals surface area contributed by atoms with E-state index in [9.17, 15) is 4.79 Å². The standard InChI is InChI=1S/C13H17BrN2O4/c1-16(13(17)18)8-3-4-9(7-8)20-12-11(14)10(19-2)5-6-15-12/h5-6,8-9H,3-4,7H2,1-2H3,(H,17,18)/t8-,9?/m1/s1. The number of ether oxygens (including phenoxy) is 2. The fraction of sp³-hybridized carbons (Fsp3) is 0.538. The first-order valence-electron chi connectivity index (χ1n) is 6.33. The summed E-state index contributed by atoms with van der Waals surface area (Å²) in [6.45, 7) is 0. The first-order valence-corrected chi connectivity index (χ1v) is 7.13. The highest BCUT2D eigenvalue weighted by molar-refractivity contribution is 9.10. The first-order chi connectivity index (χ1) is 9.52. The number of hydrogen-bond acceptors (Lipinski definition) is 4. The molecule has 20 heavy (non-hydrogen) atoms. The van der Waals surface area contributed by atoms with Crippen molar-refractivity contribution >= 4 is 22.0 Å². The van der Waals surface area contributed by atoms with Gasteiger partial charge in [0.15, 0.2) is 0 Å². The van der Waals surface area contributed by atoms with Crippen LogP contribution in [0.3, 0.4) is 0 Å². The minimum absolute atomic E-state index is 0.00174. The zero-order valence-electron chi connectivity index (χ0n) is 11.4. The topological polar surface area (TPSA) is 71.9 Å². The second kappa shape index (κ2) is 6.30. The molecule has 1 unspecified atom stereocenters. The number of methoxy groups -OCH3 is 1. The summed E-state index contributed by atoms with van der Waals surface area (Å²) in [5.41, 5.74) is 0. The van der Waals surface area contributed by atoms with E-state index in [-0.39, 0.29) is 12.1 Å². The van der Waals surface area contributed by atoms with Gasteiger partial charge in [-0.1, -0.05) is 0 Å². The van der Waals surface area contributed by atoms with Gasteiger partial charge < -0.3 is 19.5 Å². The second-order valence-electron chi connectivity index (χ2n) is 4.73. The number of nitrogens with zero attached hydrogens (tertiary/aromatic N) is 2. The minimum atomic E-state index is -0.906. The van der Waals surface area contributed by atoms with E-state index in [2.05, 4.69) is 20.9 Å². The van der Waals surface area contributed by atoms with Crippen molar-refractivity contribution in [3.8, 4) is 11.6 Å². The molecule has 1 aliphatic carbocycles. The maximum absolute atomic E-state index is 10.9. The lowest BCUT2D eigenvalue weighted by molar-refractivity contribution is 0.133. The average Bonchev–Trinajstić information content (AvgIpc) is 2.88. The maximum Gasteiger partial charge on any atom is 0.407 e. The normalized spacial score (nSPS) is 21.6. The monoisotopic (exact) mass is 344 g/mol. The van der Waals surface area contributed by atoms with E-state index in [1.54, 1.807) is 26.4 Å². The summed E-state index contributed by atoms with van der Waals surface area (Å²) in [4.78, 5) is 16.5. The van der Waals surface area contributed by atoms with Crippen molar-refractivity contribution in [3.05, 3.63) is 16.7 Å². The zero-order chi connectivity index (χ0) is 14.7. The quantitative estimate of drug-likeness (QED) is 0.909. The maximum atomic E-state index is 10.9. The van der Waals surface area contributed by atoms with Gasteiger partial charge in [0.25, 0.3) is 0 Å². The number of carboxylic acid groups (broad SMARTS) is 1. The van der Waals surface area contributed by atoms with Gasteiger partial charge in [-0.15, -0.1) is 0 Å². The number of carbonyl (C=O) groups is 1. The van der Waals surface area contributed by atoms with E-state index < -0.39 is 6.09 Å². The van der Waals surface area contributed by atoms with Gasteiger partial charge in [0.2, 0.25) is 5.88 Å². The molecule has 1 saturated carbocycles. The number of halogens is 1. The highest BCUT2D eigenvalue weighted by atomic mass is 79.9. The van der Waals surface area contributed by atoms with E-state index in [1.165, 1.54) is 4.90 Å². The molecule has 1 N–H and O–H groups in total. The Bertz CT molecular complexity index is 497. The molecular formula is C13H17BrN2O4. The van der Waals surface area contributed by atoms with Gasteiger partial charge in [-0.3, -0.25) is 0 Å². The van der Waals surface area contributed by atoms with Crippen LogP contribution in [-0.4, -0.2) is 47.4 Å². The van der Waals surface area contributed by atoms with Crippen LogP contribution in [0.5, 0.6) is 11.6 Å². The van der Waals surface area contributed by atoms with Crippen LogP contribution in [0, 0.1) is 0 Å². The van der Waals surface area contributed by atoms with Crippen LogP contribution in [0.4, 0.5) is 4.79 Å². The molecular weight excluding hydrogens is 328 g/mol. The minimum Gasteiger partial charge on any atom is -0.495 e. The molecule has 1 amide bonds. The van der Waals surface area contributed by atoms with Crippen molar-refractivity contribution in [2.45, 2.75) is 31.4 Å². The van der Waals surface area contributed by atoms with E-state index in [4.69, 9.17) is 14.6 Å². The SMILES string of the molecule is COc1ccnc(OC2CC[C@@H](N(C)C(=O)O)C2)c1Br. The summed E-state index contributed by atoms with van der Waals surface area (Å²) < 4.78 is 11.7. The summed E-state index contributed by atoms with van der Waals surface area (Å²) in [7, 11) is 3.17. The number of rotatable bonds is 4. The van der Waals surface area contributed by atoms with Gasteiger partial charge in [0, 0.05) is 25.7 Å². The lowest BCUT2D eigenvalue weighted by atomic mass is 10.2. The summed E-state index contributed by atoms with van der Waals surface area (Å²) in [6, 6.07) is 1.74. The molecule has 0 saturated heterocycles. The van der Waals surface area contributed by atoms with Gasteiger partial charge >= 0.3 is 6.09 Å². The number of aromatic nitrogens is 1. The van der Waals surface area contributed by atoms with Crippen LogP contribution in [0.25, 0.3) is 0 Å². The van der Waals surface area contributed by atoms with Gasteiger partial charge in [0.1, 0.15) is 16.3 Å². The molecule has 0 bridgehead atoms. The Kier molecular flexibility index (Phi) is 4.69. The molecule has 110 valence electrons. The summed E-state index contributed by atoms with van der Waals surface area (Å²) in [6.07, 6.45) is 2.97. The van der Waals surface area contributed by atoms with Crippen LogP contribution in [0.15, 0.2) is 16.7 Å². The Hall–Kier alpha value is -1.50. The summed E-state index contributed by atoms with van der Waals surface area (Å²) in [5, 5.41) is 8.98. The predicted octanol–water partition coefficient (Wildman–Crippen LogP) is 2.76. The lowest BCUT2D eigenvalue weighted by Gasteiger charge is -2.21. The van der Waals surface area contributed by atoms with E-state index >= 15 is 0 Å². The van der Waals surface area contributed by atoms with Crippen LogP contribution in [-0.2, 0) is 0 Å². The van der Waals surface area contributed by atoms with Gasteiger partial charge in [-0.05, 0) is 34.8 Å². The Morgan fingerprint density at radius 2 is 2.30 bits per heavy atom. The first kappa shape index (κ1) is 14.9. The molecule has 1 heterocycles. The predicted molar refractivity (Wildman–Crippen MR) is 76.3 cm³/mol. The van der Waals surface area contributed by atoms with Crippen LogP contribution >= 0.6 is 15.9 Å². The fourth-order valence-corrected chi connectivity index (χ4v) is 2.83. The number of hydrogen-bond donors (Lipinski definition) is 1. The molecule has 1 aromatic heterocycles. The zero-order valence-corrected chi connectivity index (χ0v) is 13.0. The van der Waals surface area contributed by atoms with Crippen molar-refractivity contribution in [1.29, 1.82) is 0 Å². The van der Waals surface area contributed by atoms with Crippen LogP contribution < -0.4 is 9.47 Å². The molecule has 1 aromatic rings. The third-order valence-corrected chi connectivity index (χ3v) is 4.26. The molecule has 6 nitrogen and oxygen atoms in total. The van der Waals surface area contributed by atoms with E-state index in [0.717, 1.165) is 12.8 Å². The van der Waals surface area contributed by atoms with Gasteiger partial charge in [0.05, 0.1) is 7.11 Å². The fourth-order valence-electron chi connectivity index (χ4n) is 2.34. The van der Waals surface area contributed by atoms with Crippen molar-refractivity contribution in [2.75, 3.05) is 14.2 Å². The molecule has 1 aliphatic rings. The van der Waals surface area contributed by atoms with E-state index in [1.807, 2.05) is 0 Å². The third kappa shape index (κ3) is 3.15. The van der Waals surface area contributed by atoms with Crippen LogP contribution in [0.2, 0.25) is 0 Å². The Morgan fingerprint density at radius 1 is 1.55 bits per heavy atom. The van der Waals surface area contributed by atoms with Crippen molar-refractivity contribution in [1.82, 2.24) is 9.88 Å². The molecule has 0 spiro atoms. The molecule has 0 aromatic carbocycles. The van der Waals surface area contributed by atoms with Crippen molar-refractivity contribution in [2.24, 2.45) is 0 Å². The molecule has 0 aliphatic heterocycles. The summed E-state index contributed by atoms with van der Waals surface area (Å²) in [5.74, 6) is 1.14. The molecule has 1 fully saturated rings. The Balaban J connectivity index is 2.01. The Labute approximate surface area is 125 Å². The Morgan fingerprint density at radius 3 is 2.95 bits per heavy atom. The molecule has 0 radical (unpaired) electrons. The third-order valence-electron chi connectivity index (χ3n) is 3.53. The average molecular weight is 345 g/mol. The molecule has 2 rings (SSSR count). The largest absolute Gasteiger partial charge is 0.495 e. The number of pyridine rings is 1. The van der Waals surface area contributed by atoms with Crippen molar-refractivity contribution < 1.29 is 19.4 Å². The number of amides is 1. The highest BCUT2D eigenvalue weighted by Gasteiger charge is 2.31. The van der Waals surface area contributed by atoms with Gasteiger partial charge in [-0.2, -0.15) is 0 Å². The smallest absolute Gasteiger partial charge is 0.407 e. The second-order valence-corrected chi connectivity index (χ2v) is 5.53. The van der Waals surface area contributed by atoms with Crippen molar-refractivity contribution in [3.63, 3.8) is 0 Å². The molecule has 7 heteroatoms. The van der Waals surface area contributed by atoms with Gasteiger partial charge in [-0.25, -0.2) is 9.78 Å². The highest BCUT2D eigenvalue weighted by Crippen LogP contribution is 2.35. The summed E-state index contributed by atoms with van der Waals surface area (Å²) >= 11 is 3.40. The van der Waals surface area contributed by atoms with Crippen LogP contribution in [0.1, 0.15) is 19.3 Å².